The molecule has 0 aliphatic rings. The van der Waals surface area contributed by atoms with Crippen molar-refractivity contribution in [2.24, 2.45) is 5.14 Å². The van der Waals surface area contributed by atoms with Crippen LogP contribution in [0.1, 0.15) is 15.9 Å². The number of esters is 1. The van der Waals surface area contributed by atoms with Gasteiger partial charge in [-0.2, -0.15) is 13.1 Å². The van der Waals surface area contributed by atoms with Crippen LogP contribution in [0.2, 0.25) is 0 Å². The van der Waals surface area contributed by atoms with Crippen molar-refractivity contribution in [3.63, 3.8) is 0 Å². The maximum Gasteiger partial charge on any atom is 0.337 e. The molecule has 6 nitrogen and oxygen atoms in total. The fraction of sp³-hybridized carbons (Fsp3) is 0.222. The zero-order valence-corrected chi connectivity index (χ0v) is 9.45. The van der Waals surface area contributed by atoms with Gasteiger partial charge in [-0.15, -0.1) is 0 Å². The highest BCUT2D eigenvalue weighted by atomic mass is 32.2. The van der Waals surface area contributed by atoms with E-state index in [0.717, 1.165) is 0 Å². The van der Waals surface area contributed by atoms with Gasteiger partial charge in [0.05, 0.1) is 12.7 Å². The van der Waals surface area contributed by atoms with E-state index in [4.69, 9.17) is 5.14 Å². The van der Waals surface area contributed by atoms with Crippen LogP contribution in [0.5, 0.6) is 0 Å². The van der Waals surface area contributed by atoms with Crippen molar-refractivity contribution in [3.05, 3.63) is 35.4 Å². The van der Waals surface area contributed by atoms with Gasteiger partial charge in [0, 0.05) is 6.54 Å². The van der Waals surface area contributed by atoms with E-state index in [1.165, 1.54) is 7.11 Å². The lowest BCUT2D eigenvalue weighted by Crippen LogP contribution is -2.30. The zero-order chi connectivity index (χ0) is 12.2. The predicted octanol–water partition coefficient (Wildman–Crippen LogP) is -0.234. The third-order valence-electron chi connectivity index (χ3n) is 1.85. The van der Waals surface area contributed by atoms with Gasteiger partial charge in [0.1, 0.15) is 0 Å². The highest BCUT2D eigenvalue weighted by Crippen LogP contribution is 2.05. The molecular weight excluding hydrogens is 232 g/mol. The number of hydrogen-bond acceptors (Lipinski definition) is 4. The summed E-state index contributed by atoms with van der Waals surface area (Å²) in [6, 6.07) is 6.33. The molecule has 0 radical (unpaired) electrons. The monoisotopic (exact) mass is 244 g/mol. The minimum Gasteiger partial charge on any atom is -0.465 e. The molecule has 0 spiro atoms. The molecule has 0 aliphatic carbocycles. The second-order valence-corrected chi connectivity index (χ2v) is 4.43. The van der Waals surface area contributed by atoms with Crippen molar-refractivity contribution in [2.45, 2.75) is 6.54 Å². The van der Waals surface area contributed by atoms with Gasteiger partial charge in [-0.05, 0) is 17.7 Å². The number of carbonyl (C=O) groups is 1. The Labute approximate surface area is 93.6 Å². The molecule has 3 N–H and O–H groups in total. The molecule has 1 aromatic rings. The Morgan fingerprint density at radius 1 is 1.38 bits per heavy atom. The first-order valence-electron chi connectivity index (χ1n) is 4.37. The topological polar surface area (TPSA) is 98.5 Å². The molecule has 0 heterocycles. The van der Waals surface area contributed by atoms with Gasteiger partial charge in [-0.1, -0.05) is 12.1 Å². The quantitative estimate of drug-likeness (QED) is 0.714. The number of benzene rings is 1. The van der Waals surface area contributed by atoms with Gasteiger partial charge in [-0.25, -0.2) is 9.93 Å². The average Bonchev–Trinajstić information content (AvgIpc) is 2.25. The molecule has 0 unspecified atom stereocenters. The standard InChI is InChI=1S/C9H12N2O4S/c1-15-9(12)8-4-2-7(3-5-8)6-11-16(10,13)14/h2-5,11H,6H2,1H3,(H2,10,13,14). The van der Waals surface area contributed by atoms with E-state index in [9.17, 15) is 13.2 Å². The lowest BCUT2D eigenvalue weighted by Gasteiger charge is -2.03. The van der Waals surface area contributed by atoms with Crippen LogP contribution in [0, 0.1) is 0 Å². The largest absolute Gasteiger partial charge is 0.465 e. The van der Waals surface area contributed by atoms with Crippen LogP contribution in [0.15, 0.2) is 24.3 Å². The number of ether oxygens (including phenoxy) is 1. The molecule has 88 valence electrons. The van der Waals surface area contributed by atoms with Crippen LogP contribution in [0.3, 0.4) is 0 Å². The second kappa shape index (κ2) is 5.06. The van der Waals surface area contributed by atoms with Crippen molar-refractivity contribution in [2.75, 3.05) is 7.11 Å². The fourth-order valence-electron chi connectivity index (χ4n) is 1.06. The van der Waals surface area contributed by atoms with Crippen molar-refractivity contribution >= 4 is 16.2 Å². The number of carbonyl (C=O) groups excluding carboxylic acids is 1. The Balaban J connectivity index is 2.69. The van der Waals surface area contributed by atoms with Crippen LogP contribution in [-0.4, -0.2) is 21.5 Å². The van der Waals surface area contributed by atoms with Gasteiger partial charge in [0.2, 0.25) is 0 Å². The fourth-order valence-corrected chi connectivity index (χ4v) is 1.43. The highest BCUT2D eigenvalue weighted by Gasteiger charge is 2.05. The Hall–Kier alpha value is -1.44. The summed E-state index contributed by atoms with van der Waals surface area (Å²) in [4.78, 5) is 11.1. The number of nitrogens with two attached hydrogens (primary N) is 1. The third-order valence-corrected chi connectivity index (χ3v) is 2.40. The zero-order valence-electron chi connectivity index (χ0n) is 8.64. The second-order valence-electron chi connectivity index (χ2n) is 3.05. The van der Waals surface area contributed by atoms with Gasteiger partial charge in [0.15, 0.2) is 0 Å². The average molecular weight is 244 g/mol. The summed E-state index contributed by atoms with van der Waals surface area (Å²) in [5.41, 5.74) is 1.10. The van der Waals surface area contributed by atoms with Gasteiger partial charge < -0.3 is 4.74 Å². The molecule has 16 heavy (non-hydrogen) atoms. The van der Waals surface area contributed by atoms with E-state index in [1.807, 2.05) is 0 Å². The molecule has 0 saturated heterocycles. The summed E-state index contributed by atoms with van der Waals surface area (Å²) in [7, 11) is -2.40. The normalized spacial score (nSPS) is 11.1. The van der Waals surface area contributed by atoms with Crippen LogP contribution in [-0.2, 0) is 21.5 Å². The molecule has 0 aromatic heterocycles. The minimum atomic E-state index is -3.70. The maximum atomic E-state index is 11.1. The smallest absolute Gasteiger partial charge is 0.337 e. The Morgan fingerprint density at radius 2 is 1.94 bits per heavy atom. The van der Waals surface area contributed by atoms with Crippen molar-refractivity contribution in [3.8, 4) is 0 Å². The summed E-state index contributed by atoms with van der Waals surface area (Å²) in [6.45, 7) is 0.0836. The predicted molar refractivity (Wildman–Crippen MR) is 57.7 cm³/mol. The van der Waals surface area contributed by atoms with Crippen molar-refractivity contribution < 1.29 is 17.9 Å². The van der Waals surface area contributed by atoms with E-state index < -0.39 is 16.2 Å². The molecule has 0 aliphatic heterocycles. The number of methoxy groups -OCH3 is 1. The lowest BCUT2D eigenvalue weighted by atomic mass is 10.1. The summed E-state index contributed by atoms with van der Waals surface area (Å²) < 4.78 is 27.9. The molecule has 0 fully saturated rings. The summed E-state index contributed by atoms with van der Waals surface area (Å²) in [5.74, 6) is -0.439. The maximum absolute atomic E-state index is 11.1. The van der Waals surface area contributed by atoms with E-state index in [2.05, 4.69) is 9.46 Å². The molecule has 0 bridgehead atoms. The van der Waals surface area contributed by atoms with E-state index in [-0.39, 0.29) is 6.54 Å². The number of nitrogens with one attached hydrogen (secondary N) is 1. The van der Waals surface area contributed by atoms with E-state index in [1.54, 1.807) is 24.3 Å². The molecule has 0 amide bonds. The van der Waals surface area contributed by atoms with Gasteiger partial charge in [0.25, 0.3) is 10.2 Å². The van der Waals surface area contributed by atoms with E-state index in [0.29, 0.717) is 11.1 Å². The van der Waals surface area contributed by atoms with Crippen LogP contribution < -0.4 is 9.86 Å². The van der Waals surface area contributed by atoms with Gasteiger partial charge >= 0.3 is 5.97 Å². The molecular formula is C9H12N2O4S. The number of hydrogen-bond donors (Lipinski definition) is 2. The number of rotatable bonds is 4. The van der Waals surface area contributed by atoms with Crippen LogP contribution in [0.4, 0.5) is 0 Å². The van der Waals surface area contributed by atoms with E-state index >= 15 is 0 Å². The van der Waals surface area contributed by atoms with Crippen LogP contribution in [0.25, 0.3) is 0 Å². The lowest BCUT2D eigenvalue weighted by molar-refractivity contribution is 0.0600. The highest BCUT2D eigenvalue weighted by molar-refractivity contribution is 7.87. The van der Waals surface area contributed by atoms with Crippen molar-refractivity contribution in [1.82, 2.24) is 4.72 Å². The molecule has 0 saturated carbocycles. The molecule has 7 heteroatoms. The molecule has 1 aromatic carbocycles. The first-order valence-corrected chi connectivity index (χ1v) is 5.91. The summed E-state index contributed by atoms with van der Waals surface area (Å²) >= 11 is 0. The van der Waals surface area contributed by atoms with Crippen molar-refractivity contribution in [1.29, 1.82) is 0 Å². The molecule has 0 atom stereocenters. The summed E-state index contributed by atoms with van der Waals surface area (Å²) in [6.07, 6.45) is 0. The summed E-state index contributed by atoms with van der Waals surface area (Å²) in [5, 5.41) is 4.77. The SMILES string of the molecule is COC(=O)c1ccc(CNS(N)(=O)=O)cc1. The Bertz CT molecular complexity index is 467. The van der Waals surface area contributed by atoms with Gasteiger partial charge in [-0.3, -0.25) is 0 Å². The first-order chi connectivity index (χ1) is 7.42. The Kier molecular flexibility index (Phi) is 3.99. The van der Waals surface area contributed by atoms with Crippen LogP contribution >= 0.6 is 0 Å². The first kappa shape index (κ1) is 12.6. The minimum absolute atomic E-state index is 0.0836. The Morgan fingerprint density at radius 3 is 2.38 bits per heavy atom. The molecule has 1 rings (SSSR count). The third kappa shape index (κ3) is 3.97.